The highest BCUT2D eigenvalue weighted by Gasteiger charge is 2.33. The number of halogens is 3. The zero-order valence-electron chi connectivity index (χ0n) is 14.1. The van der Waals surface area contributed by atoms with Crippen LogP contribution in [0.2, 0.25) is 0 Å². The van der Waals surface area contributed by atoms with E-state index in [2.05, 4.69) is 9.72 Å². The molecule has 1 aliphatic rings. The van der Waals surface area contributed by atoms with Gasteiger partial charge in [0.05, 0.1) is 11.4 Å². The predicted molar refractivity (Wildman–Crippen MR) is 89.8 cm³/mol. The first-order chi connectivity index (χ1) is 12.7. The molecule has 0 saturated carbocycles. The molecule has 0 amide bonds. The summed E-state index contributed by atoms with van der Waals surface area (Å²) in [5, 5.41) is 0. The number of piperidine rings is 1. The lowest BCUT2D eigenvalue weighted by Gasteiger charge is -2.32. The van der Waals surface area contributed by atoms with Crippen LogP contribution >= 0.6 is 0 Å². The first-order valence-corrected chi connectivity index (χ1v) is 9.61. The SMILES string of the molecule is O=S(=O)(c1ccc(OC(F)(F)F)cc1)N1CCCC(Oc2ccncc2)C1. The maximum atomic E-state index is 12.8. The average Bonchev–Trinajstić information content (AvgIpc) is 2.62. The van der Waals surface area contributed by atoms with E-state index in [0.717, 1.165) is 24.3 Å². The minimum Gasteiger partial charge on any atom is -0.489 e. The molecule has 0 spiro atoms. The molecular formula is C17H17F3N2O4S. The number of sulfonamides is 1. The Bertz CT molecular complexity index is 858. The Morgan fingerprint density at radius 3 is 2.33 bits per heavy atom. The van der Waals surface area contributed by atoms with Crippen LogP contribution in [0.4, 0.5) is 13.2 Å². The van der Waals surface area contributed by atoms with Crippen molar-refractivity contribution in [3.05, 3.63) is 48.8 Å². The Labute approximate surface area is 154 Å². The van der Waals surface area contributed by atoms with Gasteiger partial charge >= 0.3 is 6.36 Å². The monoisotopic (exact) mass is 402 g/mol. The first-order valence-electron chi connectivity index (χ1n) is 8.17. The highest BCUT2D eigenvalue weighted by molar-refractivity contribution is 7.89. The van der Waals surface area contributed by atoms with Gasteiger partial charge in [-0.15, -0.1) is 13.2 Å². The van der Waals surface area contributed by atoms with Gasteiger partial charge in [0.25, 0.3) is 0 Å². The van der Waals surface area contributed by atoms with E-state index in [1.165, 1.54) is 4.31 Å². The molecule has 1 fully saturated rings. The molecule has 1 unspecified atom stereocenters. The van der Waals surface area contributed by atoms with Crippen molar-refractivity contribution in [3.63, 3.8) is 0 Å². The summed E-state index contributed by atoms with van der Waals surface area (Å²) in [6, 6.07) is 7.54. The lowest BCUT2D eigenvalue weighted by molar-refractivity contribution is -0.274. The molecule has 27 heavy (non-hydrogen) atoms. The molecule has 10 heteroatoms. The van der Waals surface area contributed by atoms with Gasteiger partial charge in [0, 0.05) is 18.9 Å². The minimum absolute atomic E-state index is 0.0958. The Hall–Kier alpha value is -2.33. The number of alkyl halides is 3. The highest BCUT2D eigenvalue weighted by Crippen LogP contribution is 2.27. The van der Waals surface area contributed by atoms with E-state index in [-0.39, 0.29) is 17.5 Å². The Balaban J connectivity index is 1.70. The lowest BCUT2D eigenvalue weighted by atomic mass is 10.1. The van der Waals surface area contributed by atoms with Gasteiger partial charge in [-0.25, -0.2) is 8.42 Å². The normalized spacial score (nSPS) is 18.9. The van der Waals surface area contributed by atoms with Crippen molar-refractivity contribution in [1.82, 2.24) is 9.29 Å². The van der Waals surface area contributed by atoms with Gasteiger partial charge in [-0.2, -0.15) is 4.31 Å². The molecule has 1 aromatic heterocycles. The second-order valence-corrected chi connectivity index (χ2v) is 7.89. The summed E-state index contributed by atoms with van der Waals surface area (Å²) in [5.74, 6) is 0.127. The molecular weight excluding hydrogens is 385 g/mol. The highest BCUT2D eigenvalue weighted by atomic mass is 32.2. The summed E-state index contributed by atoms with van der Waals surface area (Å²) in [5.41, 5.74) is 0. The molecule has 6 nitrogen and oxygen atoms in total. The van der Waals surface area contributed by atoms with E-state index in [9.17, 15) is 21.6 Å². The number of rotatable bonds is 5. The number of nitrogens with zero attached hydrogens (tertiary/aromatic N) is 2. The summed E-state index contributed by atoms with van der Waals surface area (Å²) in [6.07, 6.45) is -0.667. The van der Waals surface area contributed by atoms with Crippen molar-refractivity contribution in [2.75, 3.05) is 13.1 Å². The summed E-state index contributed by atoms with van der Waals surface area (Å²) in [4.78, 5) is 3.80. The second kappa shape index (κ2) is 7.73. The number of hydrogen-bond donors (Lipinski definition) is 0. The zero-order valence-corrected chi connectivity index (χ0v) is 14.9. The third-order valence-corrected chi connectivity index (χ3v) is 5.87. The molecule has 0 N–H and O–H groups in total. The van der Waals surface area contributed by atoms with E-state index in [4.69, 9.17) is 4.74 Å². The maximum Gasteiger partial charge on any atom is 0.573 e. The molecule has 0 aliphatic carbocycles. The largest absolute Gasteiger partial charge is 0.573 e. The van der Waals surface area contributed by atoms with Crippen molar-refractivity contribution in [3.8, 4) is 11.5 Å². The molecule has 1 aromatic carbocycles. The van der Waals surface area contributed by atoms with Crippen molar-refractivity contribution in [2.24, 2.45) is 0 Å². The van der Waals surface area contributed by atoms with Crippen LogP contribution in [0.3, 0.4) is 0 Å². The molecule has 3 rings (SSSR count). The van der Waals surface area contributed by atoms with Crippen LogP contribution in [-0.2, 0) is 10.0 Å². The maximum absolute atomic E-state index is 12.8. The Morgan fingerprint density at radius 2 is 1.70 bits per heavy atom. The van der Waals surface area contributed by atoms with E-state index in [0.29, 0.717) is 25.1 Å². The van der Waals surface area contributed by atoms with Crippen LogP contribution < -0.4 is 9.47 Å². The third-order valence-electron chi connectivity index (χ3n) is 3.99. The lowest BCUT2D eigenvalue weighted by Crippen LogP contribution is -2.44. The van der Waals surface area contributed by atoms with Crippen LogP contribution in [0.15, 0.2) is 53.7 Å². The van der Waals surface area contributed by atoms with Gasteiger partial charge in [0.1, 0.15) is 17.6 Å². The van der Waals surface area contributed by atoms with Crippen molar-refractivity contribution in [2.45, 2.75) is 30.2 Å². The summed E-state index contributed by atoms with van der Waals surface area (Å²) >= 11 is 0. The quantitative estimate of drug-likeness (QED) is 0.768. The zero-order chi connectivity index (χ0) is 19.5. The van der Waals surface area contributed by atoms with Gasteiger partial charge in [-0.3, -0.25) is 4.98 Å². The summed E-state index contributed by atoms with van der Waals surface area (Å²) in [7, 11) is -3.84. The van der Waals surface area contributed by atoms with E-state index >= 15 is 0 Å². The third kappa shape index (κ3) is 5.10. The van der Waals surface area contributed by atoms with Gasteiger partial charge < -0.3 is 9.47 Å². The molecule has 1 atom stereocenters. The molecule has 2 aromatic rings. The molecule has 0 radical (unpaired) electrons. The second-order valence-electron chi connectivity index (χ2n) is 5.95. The molecule has 1 saturated heterocycles. The van der Waals surface area contributed by atoms with Crippen molar-refractivity contribution in [1.29, 1.82) is 0 Å². The fraction of sp³-hybridized carbons (Fsp3) is 0.353. The topological polar surface area (TPSA) is 68.7 Å². The molecule has 1 aliphatic heterocycles. The van der Waals surface area contributed by atoms with Crippen LogP contribution in [0.5, 0.6) is 11.5 Å². The van der Waals surface area contributed by atoms with Gasteiger partial charge in [-0.05, 0) is 49.2 Å². The Morgan fingerprint density at radius 1 is 1.04 bits per heavy atom. The number of pyridine rings is 1. The number of ether oxygens (including phenoxy) is 2. The predicted octanol–water partition coefficient (Wildman–Crippen LogP) is 3.21. The van der Waals surface area contributed by atoms with Crippen LogP contribution in [0.25, 0.3) is 0 Å². The van der Waals surface area contributed by atoms with Gasteiger partial charge in [0.15, 0.2) is 0 Å². The van der Waals surface area contributed by atoms with E-state index in [1.807, 2.05) is 0 Å². The van der Waals surface area contributed by atoms with Crippen molar-refractivity contribution >= 4 is 10.0 Å². The van der Waals surface area contributed by atoms with Gasteiger partial charge in [-0.1, -0.05) is 0 Å². The molecule has 0 bridgehead atoms. The van der Waals surface area contributed by atoms with E-state index < -0.39 is 22.1 Å². The summed E-state index contributed by atoms with van der Waals surface area (Å²) in [6.45, 7) is 0.477. The van der Waals surface area contributed by atoms with Crippen LogP contribution in [0.1, 0.15) is 12.8 Å². The molecule has 2 heterocycles. The average molecular weight is 402 g/mol. The number of benzene rings is 1. The summed E-state index contributed by atoms with van der Waals surface area (Å²) < 4.78 is 73.1. The number of aromatic nitrogens is 1. The fourth-order valence-electron chi connectivity index (χ4n) is 2.79. The van der Waals surface area contributed by atoms with Gasteiger partial charge in [0.2, 0.25) is 10.0 Å². The standard InChI is InChI=1S/C17H17F3N2O4S/c18-17(19,20)26-14-3-5-16(6-4-14)27(23,24)22-11-1-2-15(12-22)25-13-7-9-21-10-8-13/h3-10,15H,1-2,11-12H2. The minimum atomic E-state index is -4.83. The van der Waals surface area contributed by atoms with Crippen molar-refractivity contribution < 1.29 is 31.1 Å². The van der Waals surface area contributed by atoms with E-state index in [1.54, 1.807) is 24.5 Å². The molecule has 146 valence electrons. The fourth-order valence-corrected chi connectivity index (χ4v) is 4.30. The van der Waals surface area contributed by atoms with Crippen LogP contribution in [-0.4, -0.2) is 43.3 Å². The Kier molecular flexibility index (Phi) is 5.56. The first kappa shape index (κ1) is 19.4. The smallest absolute Gasteiger partial charge is 0.489 e. The van der Waals surface area contributed by atoms with Crippen LogP contribution in [0, 0.1) is 0 Å². The number of hydrogen-bond acceptors (Lipinski definition) is 5.